The van der Waals surface area contributed by atoms with Crippen LogP contribution in [-0.2, 0) is 0 Å². The highest BCUT2D eigenvalue weighted by Gasteiger charge is 2.32. The number of hydrogen-bond donors (Lipinski definition) is 2. The number of hydrogen-bond acceptors (Lipinski definition) is 7. The van der Waals surface area contributed by atoms with Crippen LogP contribution in [0.3, 0.4) is 0 Å². The first-order chi connectivity index (χ1) is 13.5. The predicted molar refractivity (Wildman–Crippen MR) is 109 cm³/mol. The number of aromatic nitrogens is 3. The van der Waals surface area contributed by atoms with Gasteiger partial charge in [-0.1, -0.05) is 11.9 Å². The van der Waals surface area contributed by atoms with E-state index in [1.165, 1.54) is 10.6 Å². The van der Waals surface area contributed by atoms with Crippen LogP contribution in [0.1, 0.15) is 38.1 Å². The maximum atomic E-state index is 14.6. The van der Waals surface area contributed by atoms with Crippen molar-refractivity contribution in [3.8, 4) is 0 Å². The normalized spacial score (nSPS) is 27.2. The summed E-state index contributed by atoms with van der Waals surface area (Å²) in [6.07, 6.45) is 4.86. The summed E-state index contributed by atoms with van der Waals surface area (Å²) in [4.78, 5) is 21.5. The third kappa shape index (κ3) is 4.01. The number of rotatable bonds is 4. The van der Waals surface area contributed by atoms with Crippen molar-refractivity contribution in [2.45, 2.75) is 56.5 Å². The molecule has 4 rings (SSSR count). The van der Waals surface area contributed by atoms with Gasteiger partial charge in [0.15, 0.2) is 0 Å². The number of fused-ring (bicyclic) bond motifs is 1. The molecule has 2 N–H and O–H groups in total. The molecule has 0 aromatic carbocycles. The predicted octanol–water partition coefficient (Wildman–Crippen LogP) is 2.37. The number of nitrogens with zero attached hydrogens (tertiary/aromatic N) is 4. The molecule has 152 valence electrons. The Morgan fingerprint density at radius 3 is 2.79 bits per heavy atom. The van der Waals surface area contributed by atoms with Crippen molar-refractivity contribution in [1.82, 2.24) is 18.8 Å². The van der Waals surface area contributed by atoms with E-state index in [1.54, 1.807) is 24.2 Å². The van der Waals surface area contributed by atoms with Gasteiger partial charge >= 0.3 is 0 Å². The fourth-order valence-corrected chi connectivity index (χ4v) is 4.73. The van der Waals surface area contributed by atoms with Gasteiger partial charge in [0.25, 0.3) is 5.56 Å². The minimum atomic E-state index is -1.17. The van der Waals surface area contributed by atoms with E-state index < -0.39 is 18.3 Å². The minimum Gasteiger partial charge on any atom is -0.393 e. The van der Waals surface area contributed by atoms with E-state index in [0.29, 0.717) is 23.4 Å². The highest BCUT2D eigenvalue weighted by molar-refractivity contribution is 7.96. The van der Waals surface area contributed by atoms with Crippen molar-refractivity contribution in [1.29, 1.82) is 0 Å². The molecule has 28 heavy (non-hydrogen) atoms. The SMILES string of the molecule is CSN1CCC(Nc2ncc3ccc(=O)n(C4C[C@H](O)CC[C@@H]4F)c3n2)CC1. The van der Waals surface area contributed by atoms with E-state index >= 15 is 0 Å². The number of anilines is 1. The van der Waals surface area contributed by atoms with Crippen LogP contribution in [0.2, 0.25) is 0 Å². The first-order valence-corrected chi connectivity index (χ1v) is 11.0. The average molecular weight is 408 g/mol. The minimum absolute atomic E-state index is 0.222. The lowest BCUT2D eigenvalue weighted by Crippen LogP contribution is -2.37. The van der Waals surface area contributed by atoms with Crippen molar-refractivity contribution in [2.24, 2.45) is 0 Å². The third-order valence-corrected chi connectivity index (χ3v) is 6.63. The molecule has 1 aliphatic carbocycles. The standard InChI is InChI=1S/C19H26FN5O2S/c1-28-24-8-6-13(7-9-24)22-19-21-11-12-2-5-17(27)25(18(12)23-19)16-10-14(26)3-4-15(16)20/h2,5,11,13-16,26H,3-4,6-10H2,1H3,(H,21,22,23)/t14-,15+,16?/m1/s1. The van der Waals surface area contributed by atoms with Gasteiger partial charge in [-0.05, 0) is 44.4 Å². The number of aliphatic hydroxyl groups is 1. The molecule has 1 aliphatic heterocycles. The molecule has 3 atom stereocenters. The van der Waals surface area contributed by atoms with E-state index in [-0.39, 0.29) is 24.4 Å². The maximum Gasteiger partial charge on any atom is 0.252 e. The Morgan fingerprint density at radius 2 is 2.04 bits per heavy atom. The molecule has 0 amide bonds. The van der Waals surface area contributed by atoms with Crippen molar-refractivity contribution in [3.05, 3.63) is 28.7 Å². The highest BCUT2D eigenvalue weighted by atomic mass is 32.2. The topological polar surface area (TPSA) is 83.3 Å². The van der Waals surface area contributed by atoms with E-state index in [4.69, 9.17) is 0 Å². The quantitative estimate of drug-likeness (QED) is 0.753. The fourth-order valence-electron chi connectivity index (χ4n) is 4.15. The first-order valence-electron chi connectivity index (χ1n) is 9.81. The number of aliphatic hydroxyl groups excluding tert-OH is 1. The van der Waals surface area contributed by atoms with Gasteiger partial charge in [0.2, 0.25) is 5.95 Å². The van der Waals surface area contributed by atoms with Crippen LogP contribution in [0.5, 0.6) is 0 Å². The summed E-state index contributed by atoms with van der Waals surface area (Å²) in [5.41, 5.74) is 0.125. The lowest BCUT2D eigenvalue weighted by molar-refractivity contribution is 0.0555. The molecule has 1 unspecified atom stereocenters. The lowest BCUT2D eigenvalue weighted by atomic mass is 9.91. The Morgan fingerprint density at radius 1 is 1.25 bits per heavy atom. The second-order valence-electron chi connectivity index (χ2n) is 7.59. The van der Waals surface area contributed by atoms with Crippen molar-refractivity contribution < 1.29 is 9.50 Å². The molecule has 1 saturated heterocycles. The van der Waals surface area contributed by atoms with Crippen molar-refractivity contribution in [3.63, 3.8) is 0 Å². The molecule has 7 nitrogen and oxygen atoms in total. The molecule has 1 saturated carbocycles. The second-order valence-corrected chi connectivity index (χ2v) is 8.48. The number of alkyl halides is 1. The molecule has 0 radical (unpaired) electrons. The molecule has 2 aromatic rings. The zero-order valence-electron chi connectivity index (χ0n) is 15.9. The largest absolute Gasteiger partial charge is 0.393 e. The Labute approximate surface area is 167 Å². The Balaban J connectivity index is 1.64. The molecule has 0 spiro atoms. The van der Waals surface area contributed by atoms with E-state index in [2.05, 4.69) is 25.8 Å². The van der Waals surface area contributed by atoms with Gasteiger partial charge in [-0.15, -0.1) is 0 Å². The molecule has 2 aromatic heterocycles. The van der Waals surface area contributed by atoms with Crippen LogP contribution < -0.4 is 10.9 Å². The number of pyridine rings is 1. The van der Waals surface area contributed by atoms with Crippen LogP contribution in [0.25, 0.3) is 11.0 Å². The number of piperidine rings is 1. The summed E-state index contributed by atoms with van der Waals surface area (Å²) < 4.78 is 18.4. The molecular formula is C19H26FN5O2S. The van der Waals surface area contributed by atoms with Gasteiger partial charge < -0.3 is 10.4 Å². The van der Waals surface area contributed by atoms with E-state index in [1.807, 2.05) is 0 Å². The van der Waals surface area contributed by atoms with Crippen LogP contribution >= 0.6 is 11.9 Å². The Bertz CT molecular complexity index is 886. The summed E-state index contributed by atoms with van der Waals surface area (Å²) in [5, 5.41) is 14.1. The monoisotopic (exact) mass is 407 g/mol. The van der Waals surface area contributed by atoms with Gasteiger partial charge in [0.1, 0.15) is 11.8 Å². The van der Waals surface area contributed by atoms with Crippen LogP contribution in [0, 0.1) is 0 Å². The summed E-state index contributed by atoms with van der Waals surface area (Å²) in [6, 6.07) is 2.66. The molecule has 2 fully saturated rings. The molecular weight excluding hydrogens is 381 g/mol. The zero-order chi connectivity index (χ0) is 19.7. The van der Waals surface area contributed by atoms with Gasteiger partial charge in [0, 0.05) is 36.8 Å². The smallest absolute Gasteiger partial charge is 0.252 e. The van der Waals surface area contributed by atoms with E-state index in [0.717, 1.165) is 25.9 Å². The first kappa shape index (κ1) is 19.6. The molecule has 2 aliphatic rings. The Kier molecular flexibility index (Phi) is 5.84. The number of halogens is 1. The van der Waals surface area contributed by atoms with Crippen LogP contribution in [0.4, 0.5) is 10.3 Å². The van der Waals surface area contributed by atoms with Gasteiger partial charge in [-0.3, -0.25) is 13.7 Å². The van der Waals surface area contributed by atoms with Gasteiger partial charge in [-0.2, -0.15) is 4.98 Å². The summed E-state index contributed by atoms with van der Waals surface area (Å²) in [6.45, 7) is 2.00. The summed E-state index contributed by atoms with van der Waals surface area (Å²) in [5.74, 6) is 0.459. The molecule has 3 heterocycles. The molecule has 0 bridgehead atoms. The lowest BCUT2D eigenvalue weighted by Gasteiger charge is -2.31. The summed E-state index contributed by atoms with van der Waals surface area (Å²) in [7, 11) is 0. The molecule has 9 heteroatoms. The Hall–Kier alpha value is -1.71. The van der Waals surface area contributed by atoms with Gasteiger partial charge in [0.05, 0.1) is 12.1 Å². The highest BCUT2D eigenvalue weighted by Crippen LogP contribution is 2.32. The van der Waals surface area contributed by atoms with E-state index in [9.17, 15) is 14.3 Å². The second kappa shape index (κ2) is 8.34. The fraction of sp³-hybridized carbons (Fsp3) is 0.632. The van der Waals surface area contributed by atoms with Crippen molar-refractivity contribution >= 4 is 28.9 Å². The summed E-state index contributed by atoms with van der Waals surface area (Å²) >= 11 is 1.76. The van der Waals surface area contributed by atoms with Crippen LogP contribution in [-0.4, -0.2) is 61.6 Å². The number of nitrogens with one attached hydrogen (secondary N) is 1. The average Bonchev–Trinajstić information content (AvgIpc) is 2.70. The maximum absolute atomic E-state index is 14.6. The third-order valence-electron chi connectivity index (χ3n) is 5.75. The van der Waals surface area contributed by atoms with Crippen molar-refractivity contribution in [2.75, 3.05) is 24.7 Å². The van der Waals surface area contributed by atoms with Crippen LogP contribution in [0.15, 0.2) is 23.1 Å². The zero-order valence-corrected chi connectivity index (χ0v) is 16.7. The van der Waals surface area contributed by atoms with Gasteiger partial charge in [-0.25, -0.2) is 9.37 Å².